The van der Waals surface area contributed by atoms with Crippen LogP contribution in [-0.2, 0) is 9.59 Å². The van der Waals surface area contributed by atoms with Crippen LogP contribution in [0.1, 0.15) is 44.9 Å². The highest BCUT2D eigenvalue weighted by molar-refractivity contribution is 5.79. The van der Waals surface area contributed by atoms with Crippen LogP contribution < -0.4 is 0 Å². The fourth-order valence-corrected chi connectivity index (χ4v) is 2.97. The molecule has 1 N–H and O–H groups in total. The summed E-state index contributed by atoms with van der Waals surface area (Å²) >= 11 is 0. The van der Waals surface area contributed by atoms with E-state index in [0.29, 0.717) is 31.0 Å². The van der Waals surface area contributed by atoms with Crippen LogP contribution in [0, 0.1) is 11.3 Å². The molecule has 2 saturated carbocycles. The predicted octanol–water partition coefficient (Wildman–Crippen LogP) is 2.00. The first-order chi connectivity index (χ1) is 6.62. The smallest absolute Gasteiger partial charge is 0.303 e. The Hall–Kier alpha value is -0.860. The van der Waals surface area contributed by atoms with Gasteiger partial charge in [0, 0.05) is 19.3 Å². The molecule has 2 rings (SSSR count). The molecule has 3 nitrogen and oxygen atoms in total. The average Bonchev–Trinajstić information content (AvgIpc) is 2.14. The zero-order valence-corrected chi connectivity index (χ0v) is 8.29. The number of carboxylic acid groups (broad SMARTS) is 1. The van der Waals surface area contributed by atoms with Gasteiger partial charge in [-0.25, -0.2) is 0 Å². The predicted molar refractivity (Wildman–Crippen MR) is 50.9 cm³/mol. The van der Waals surface area contributed by atoms with E-state index >= 15 is 0 Å². The van der Waals surface area contributed by atoms with E-state index in [0.717, 1.165) is 25.7 Å². The summed E-state index contributed by atoms with van der Waals surface area (Å²) in [6.45, 7) is 0. The van der Waals surface area contributed by atoms with Crippen molar-refractivity contribution < 1.29 is 14.7 Å². The second kappa shape index (κ2) is 3.37. The van der Waals surface area contributed by atoms with E-state index in [1.807, 2.05) is 0 Å². The Morgan fingerprint density at radius 1 is 1.36 bits per heavy atom. The third-order valence-corrected chi connectivity index (χ3v) is 4.08. The van der Waals surface area contributed by atoms with Crippen molar-refractivity contribution in [3.63, 3.8) is 0 Å². The van der Waals surface area contributed by atoms with Gasteiger partial charge in [-0.05, 0) is 37.0 Å². The summed E-state index contributed by atoms with van der Waals surface area (Å²) in [5, 5.41) is 8.75. The largest absolute Gasteiger partial charge is 0.481 e. The van der Waals surface area contributed by atoms with Gasteiger partial charge in [-0.2, -0.15) is 0 Å². The molecular weight excluding hydrogens is 180 g/mol. The van der Waals surface area contributed by atoms with Crippen molar-refractivity contribution in [3.05, 3.63) is 0 Å². The van der Waals surface area contributed by atoms with Gasteiger partial charge in [0.2, 0.25) is 0 Å². The molecule has 1 unspecified atom stereocenters. The summed E-state index contributed by atoms with van der Waals surface area (Å²) in [7, 11) is 0. The summed E-state index contributed by atoms with van der Waals surface area (Å²) in [5.41, 5.74) is 0.228. The van der Waals surface area contributed by atoms with Gasteiger partial charge in [-0.1, -0.05) is 0 Å². The van der Waals surface area contributed by atoms with Crippen LogP contribution in [0.3, 0.4) is 0 Å². The molecule has 0 heterocycles. The van der Waals surface area contributed by atoms with Crippen molar-refractivity contribution in [1.82, 2.24) is 0 Å². The van der Waals surface area contributed by atoms with Gasteiger partial charge in [0.05, 0.1) is 0 Å². The number of hydrogen-bond acceptors (Lipinski definition) is 2. The second-order valence-electron chi connectivity index (χ2n) is 4.73. The molecule has 0 amide bonds. The van der Waals surface area contributed by atoms with Gasteiger partial charge >= 0.3 is 5.97 Å². The van der Waals surface area contributed by atoms with E-state index < -0.39 is 5.97 Å². The van der Waals surface area contributed by atoms with Crippen molar-refractivity contribution in [1.29, 1.82) is 0 Å². The second-order valence-corrected chi connectivity index (χ2v) is 4.73. The average molecular weight is 196 g/mol. The first-order valence-corrected chi connectivity index (χ1v) is 5.36. The van der Waals surface area contributed by atoms with Crippen LogP contribution in [-0.4, -0.2) is 16.9 Å². The van der Waals surface area contributed by atoms with Crippen LogP contribution >= 0.6 is 0 Å². The van der Waals surface area contributed by atoms with Crippen molar-refractivity contribution in [3.8, 4) is 0 Å². The van der Waals surface area contributed by atoms with Gasteiger partial charge in [-0.15, -0.1) is 0 Å². The van der Waals surface area contributed by atoms with Gasteiger partial charge in [0.15, 0.2) is 0 Å². The fourth-order valence-electron chi connectivity index (χ4n) is 2.97. The first-order valence-electron chi connectivity index (χ1n) is 5.36. The van der Waals surface area contributed by atoms with E-state index in [1.54, 1.807) is 0 Å². The highest BCUT2D eigenvalue weighted by atomic mass is 16.4. The minimum atomic E-state index is -0.689. The van der Waals surface area contributed by atoms with Crippen LogP contribution in [0.15, 0.2) is 0 Å². The van der Waals surface area contributed by atoms with Gasteiger partial charge in [0.25, 0.3) is 0 Å². The highest BCUT2D eigenvalue weighted by Crippen LogP contribution is 2.56. The normalized spacial score (nSPS) is 30.0. The lowest BCUT2D eigenvalue weighted by molar-refractivity contribution is -0.143. The molecular formula is C11H16O3. The molecule has 2 fully saturated rings. The standard InChI is InChI=1S/C11H16O3/c12-9-2-5-11(6-3-9)4-1-8(11)7-10(13)14/h8H,1-7H2,(H,13,14). The maximum atomic E-state index is 11.1. The monoisotopic (exact) mass is 196 g/mol. The lowest BCUT2D eigenvalue weighted by Crippen LogP contribution is -2.44. The number of carbonyl (C=O) groups is 2. The van der Waals surface area contributed by atoms with E-state index in [9.17, 15) is 9.59 Å². The molecule has 0 bridgehead atoms. The molecule has 0 radical (unpaired) electrons. The summed E-state index contributed by atoms with van der Waals surface area (Å²) in [5.74, 6) is 0.00988. The van der Waals surface area contributed by atoms with Crippen LogP contribution in [0.25, 0.3) is 0 Å². The Kier molecular flexibility index (Phi) is 2.33. The molecule has 0 aromatic rings. The van der Waals surface area contributed by atoms with Crippen LogP contribution in [0.5, 0.6) is 0 Å². The van der Waals surface area contributed by atoms with Crippen molar-refractivity contribution in [2.75, 3.05) is 0 Å². The van der Waals surface area contributed by atoms with Gasteiger partial charge in [0.1, 0.15) is 5.78 Å². The molecule has 0 saturated heterocycles. The lowest BCUT2D eigenvalue weighted by Gasteiger charge is -2.51. The van der Waals surface area contributed by atoms with Crippen molar-refractivity contribution >= 4 is 11.8 Å². The first kappa shape index (κ1) is 9.69. The van der Waals surface area contributed by atoms with Gasteiger partial charge < -0.3 is 5.11 Å². The molecule has 3 heteroatoms. The number of ketones is 1. The number of aliphatic carboxylic acids is 1. The Balaban J connectivity index is 1.96. The molecule has 1 atom stereocenters. The molecule has 14 heavy (non-hydrogen) atoms. The lowest BCUT2D eigenvalue weighted by atomic mass is 9.53. The fraction of sp³-hybridized carbons (Fsp3) is 0.818. The summed E-state index contributed by atoms with van der Waals surface area (Å²) in [4.78, 5) is 21.7. The van der Waals surface area contributed by atoms with Crippen LogP contribution in [0.2, 0.25) is 0 Å². The number of Topliss-reactive ketones (excluding diaryl/α,β-unsaturated/α-hetero) is 1. The third kappa shape index (κ3) is 1.56. The zero-order valence-electron chi connectivity index (χ0n) is 8.29. The van der Waals surface area contributed by atoms with Crippen molar-refractivity contribution in [2.45, 2.75) is 44.9 Å². The SMILES string of the molecule is O=C(O)CC1CCC12CCC(=O)CC2. The molecule has 1 spiro atoms. The maximum Gasteiger partial charge on any atom is 0.303 e. The van der Waals surface area contributed by atoms with E-state index in [2.05, 4.69) is 0 Å². The van der Waals surface area contributed by atoms with E-state index in [4.69, 9.17) is 5.11 Å². The van der Waals surface area contributed by atoms with Gasteiger partial charge in [-0.3, -0.25) is 9.59 Å². The third-order valence-electron chi connectivity index (χ3n) is 4.08. The van der Waals surface area contributed by atoms with Crippen LogP contribution in [0.4, 0.5) is 0 Å². The molecule has 0 aromatic carbocycles. The zero-order chi connectivity index (χ0) is 10.2. The number of rotatable bonds is 2. The summed E-state index contributed by atoms with van der Waals surface area (Å²) < 4.78 is 0. The van der Waals surface area contributed by atoms with E-state index in [1.165, 1.54) is 0 Å². The summed E-state index contributed by atoms with van der Waals surface area (Å²) in [6, 6.07) is 0. The minimum absolute atomic E-state index is 0.228. The molecule has 2 aliphatic rings. The quantitative estimate of drug-likeness (QED) is 0.734. The Bertz CT molecular complexity index is 260. The Labute approximate surface area is 83.5 Å². The molecule has 0 aliphatic heterocycles. The van der Waals surface area contributed by atoms with E-state index in [-0.39, 0.29) is 5.41 Å². The maximum absolute atomic E-state index is 11.1. The Morgan fingerprint density at radius 3 is 2.43 bits per heavy atom. The number of carbonyl (C=O) groups excluding carboxylic acids is 1. The molecule has 78 valence electrons. The van der Waals surface area contributed by atoms with Crippen molar-refractivity contribution in [2.24, 2.45) is 11.3 Å². The summed E-state index contributed by atoms with van der Waals surface area (Å²) in [6.07, 6.45) is 5.70. The Morgan fingerprint density at radius 2 is 2.00 bits per heavy atom. The number of carboxylic acids is 1. The highest BCUT2D eigenvalue weighted by Gasteiger charge is 2.48. The number of hydrogen-bond donors (Lipinski definition) is 1. The minimum Gasteiger partial charge on any atom is -0.481 e. The molecule has 2 aliphatic carbocycles. The topological polar surface area (TPSA) is 54.4 Å². The molecule has 0 aromatic heterocycles.